The van der Waals surface area contributed by atoms with E-state index in [4.69, 9.17) is 4.74 Å². The molecule has 0 saturated carbocycles. The highest BCUT2D eigenvalue weighted by Crippen LogP contribution is 2.00. The molecule has 19 heavy (non-hydrogen) atoms. The predicted molar refractivity (Wildman–Crippen MR) is 72.7 cm³/mol. The predicted octanol–water partition coefficient (Wildman–Crippen LogP) is -0.214. The van der Waals surface area contributed by atoms with Gasteiger partial charge in [0.1, 0.15) is 0 Å². The van der Waals surface area contributed by atoms with Crippen molar-refractivity contribution in [3.8, 4) is 0 Å². The third-order valence-corrected chi connectivity index (χ3v) is 2.62. The van der Waals surface area contributed by atoms with Crippen LogP contribution in [0.2, 0.25) is 0 Å². The Hall–Kier alpha value is -1.14. The van der Waals surface area contributed by atoms with Crippen LogP contribution in [0.3, 0.4) is 0 Å². The van der Waals surface area contributed by atoms with Gasteiger partial charge in [-0.3, -0.25) is 9.59 Å². The van der Waals surface area contributed by atoms with Crippen molar-refractivity contribution in [2.45, 2.75) is 45.2 Å². The zero-order chi connectivity index (χ0) is 14.3. The third kappa shape index (κ3) is 7.79. The summed E-state index contributed by atoms with van der Waals surface area (Å²) < 4.78 is 5.27. The first-order valence-electron chi connectivity index (χ1n) is 6.75. The molecule has 0 radical (unpaired) electrons. The van der Waals surface area contributed by atoms with Crippen molar-refractivity contribution in [1.82, 2.24) is 16.0 Å². The molecule has 0 aromatic heterocycles. The maximum Gasteiger partial charge on any atom is 0.222 e. The van der Waals surface area contributed by atoms with Gasteiger partial charge in [-0.15, -0.1) is 0 Å². The second kappa shape index (κ2) is 7.45. The lowest BCUT2D eigenvalue weighted by molar-refractivity contribution is -0.123. The van der Waals surface area contributed by atoms with Crippen LogP contribution < -0.4 is 16.0 Å². The number of hydrogen-bond acceptors (Lipinski definition) is 4. The van der Waals surface area contributed by atoms with Crippen molar-refractivity contribution in [1.29, 1.82) is 0 Å². The van der Waals surface area contributed by atoms with Crippen molar-refractivity contribution >= 4 is 11.8 Å². The lowest BCUT2D eigenvalue weighted by atomic mass is 10.1. The Balaban J connectivity index is 2.11. The van der Waals surface area contributed by atoms with Crippen LogP contribution in [0.25, 0.3) is 0 Å². The number of amides is 2. The Morgan fingerprint density at radius 1 is 1.32 bits per heavy atom. The highest BCUT2D eigenvalue weighted by molar-refractivity contribution is 5.79. The van der Waals surface area contributed by atoms with Gasteiger partial charge >= 0.3 is 0 Å². The Bertz CT molecular complexity index is 307. The summed E-state index contributed by atoms with van der Waals surface area (Å²) in [5.41, 5.74) is -0.232. The highest BCUT2D eigenvalue weighted by Gasteiger charge is 2.17. The summed E-state index contributed by atoms with van der Waals surface area (Å²) in [5.74, 6) is -0.0986. The summed E-state index contributed by atoms with van der Waals surface area (Å²) in [6.45, 7) is 8.21. The van der Waals surface area contributed by atoms with Crippen molar-refractivity contribution in [3.05, 3.63) is 0 Å². The van der Waals surface area contributed by atoms with E-state index < -0.39 is 0 Å². The number of hydrogen-bond donors (Lipinski definition) is 3. The Kier molecular flexibility index (Phi) is 6.24. The molecule has 1 fully saturated rings. The molecule has 6 nitrogen and oxygen atoms in total. The number of nitrogens with one attached hydrogen (secondary N) is 3. The normalized spacial score (nSPS) is 19.8. The SMILES string of the molecule is CC(C)(C)NC(=O)CCNC(=O)CC1COCCN1. The van der Waals surface area contributed by atoms with Crippen LogP contribution in [0, 0.1) is 0 Å². The van der Waals surface area contributed by atoms with Crippen molar-refractivity contribution < 1.29 is 14.3 Å². The maximum atomic E-state index is 11.6. The molecule has 3 N–H and O–H groups in total. The summed E-state index contributed by atoms with van der Waals surface area (Å²) >= 11 is 0. The molecule has 0 aromatic rings. The number of carbonyl (C=O) groups is 2. The van der Waals surface area contributed by atoms with E-state index in [0.29, 0.717) is 32.6 Å². The van der Waals surface area contributed by atoms with Gasteiger partial charge in [0.2, 0.25) is 11.8 Å². The molecule has 1 rings (SSSR count). The fourth-order valence-electron chi connectivity index (χ4n) is 1.84. The van der Waals surface area contributed by atoms with Gasteiger partial charge in [0.25, 0.3) is 0 Å². The maximum absolute atomic E-state index is 11.6. The van der Waals surface area contributed by atoms with Crippen LogP contribution in [0.5, 0.6) is 0 Å². The summed E-state index contributed by atoms with van der Waals surface area (Å²) in [5, 5.41) is 8.82. The van der Waals surface area contributed by atoms with E-state index in [2.05, 4.69) is 16.0 Å². The van der Waals surface area contributed by atoms with Gasteiger partial charge in [0.05, 0.1) is 13.2 Å². The van der Waals surface area contributed by atoms with E-state index in [0.717, 1.165) is 6.54 Å². The minimum absolute atomic E-state index is 0.0491. The average Bonchev–Trinajstić information content (AvgIpc) is 2.27. The quantitative estimate of drug-likeness (QED) is 0.646. The van der Waals surface area contributed by atoms with E-state index in [9.17, 15) is 9.59 Å². The van der Waals surface area contributed by atoms with Gasteiger partial charge in [-0.1, -0.05) is 0 Å². The zero-order valence-electron chi connectivity index (χ0n) is 12.0. The first kappa shape index (κ1) is 15.9. The summed E-state index contributed by atoms with van der Waals surface area (Å²) in [7, 11) is 0. The third-order valence-electron chi connectivity index (χ3n) is 2.62. The van der Waals surface area contributed by atoms with Crippen LogP contribution in [0.15, 0.2) is 0 Å². The molecular formula is C13H25N3O3. The number of morpholine rings is 1. The second-order valence-electron chi connectivity index (χ2n) is 5.83. The monoisotopic (exact) mass is 271 g/mol. The Morgan fingerprint density at radius 3 is 2.63 bits per heavy atom. The van der Waals surface area contributed by atoms with Crippen LogP contribution in [-0.2, 0) is 14.3 Å². The number of rotatable bonds is 5. The molecule has 0 bridgehead atoms. The number of ether oxygens (including phenoxy) is 1. The second-order valence-corrected chi connectivity index (χ2v) is 5.83. The molecule has 1 heterocycles. The molecule has 1 aliphatic heterocycles. The molecule has 0 aromatic carbocycles. The van der Waals surface area contributed by atoms with Gasteiger partial charge in [-0.05, 0) is 20.8 Å². The largest absolute Gasteiger partial charge is 0.378 e. The average molecular weight is 271 g/mol. The van der Waals surface area contributed by atoms with Crippen LogP contribution >= 0.6 is 0 Å². The van der Waals surface area contributed by atoms with Gasteiger partial charge < -0.3 is 20.7 Å². The number of carbonyl (C=O) groups excluding carboxylic acids is 2. The molecule has 2 amide bonds. The highest BCUT2D eigenvalue weighted by atomic mass is 16.5. The topological polar surface area (TPSA) is 79.5 Å². The van der Waals surface area contributed by atoms with Crippen molar-refractivity contribution in [2.75, 3.05) is 26.3 Å². The lowest BCUT2D eigenvalue weighted by Crippen LogP contribution is -2.45. The minimum Gasteiger partial charge on any atom is -0.378 e. The van der Waals surface area contributed by atoms with Gasteiger partial charge in [-0.2, -0.15) is 0 Å². The van der Waals surface area contributed by atoms with E-state index in [-0.39, 0.29) is 23.4 Å². The van der Waals surface area contributed by atoms with E-state index in [1.807, 2.05) is 20.8 Å². The zero-order valence-corrected chi connectivity index (χ0v) is 12.0. The van der Waals surface area contributed by atoms with E-state index in [1.165, 1.54) is 0 Å². The molecule has 1 atom stereocenters. The molecule has 6 heteroatoms. The fraction of sp³-hybridized carbons (Fsp3) is 0.846. The Labute approximate surface area is 114 Å². The smallest absolute Gasteiger partial charge is 0.222 e. The summed E-state index contributed by atoms with van der Waals surface area (Å²) in [4.78, 5) is 23.2. The standard InChI is InChI=1S/C13H25N3O3/c1-13(2,3)16-11(17)4-5-15-12(18)8-10-9-19-7-6-14-10/h10,14H,4-9H2,1-3H3,(H,15,18)(H,16,17). The van der Waals surface area contributed by atoms with Crippen LogP contribution in [-0.4, -0.2) is 49.7 Å². The lowest BCUT2D eigenvalue weighted by Gasteiger charge is -2.23. The van der Waals surface area contributed by atoms with Crippen LogP contribution in [0.4, 0.5) is 0 Å². The first-order valence-corrected chi connectivity index (χ1v) is 6.75. The van der Waals surface area contributed by atoms with Gasteiger partial charge in [0.15, 0.2) is 0 Å². The van der Waals surface area contributed by atoms with E-state index >= 15 is 0 Å². The fourth-order valence-corrected chi connectivity index (χ4v) is 1.84. The molecule has 1 aliphatic rings. The Morgan fingerprint density at radius 2 is 2.05 bits per heavy atom. The molecule has 0 spiro atoms. The summed E-state index contributed by atoms with van der Waals surface area (Å²) in [6.07, 6.45) is 0.693. The van der Waals surface area contributed by atoms with E-state index in [1.54, 1.807) is 0 Å². The minimum atomic E-state index is -0.232. The molecule has 1 saturated heterocycles. The molecular weight excluding hydrogens is 246 g/mol. The van der Waals surface area contributed by atoms with Gasteiger partial charge in [0, 0.05) is 37.5 Å². The van der Waals surface area contributed by atoms with Gasteiger partial charge in [-0.25, -0.2) is 0 Å². The molecule has 0 aliphatic carbocycles. The summed E-state index contributed by atoms with van der Waals surface area (Å²) in [6, 6.07) is 0.0807. The van der Waals surface area contributed by atoms with Crippen molar-refractivity contribution in [3.63, 3.8) is 0 Å². The first-order chi connectivity index (χ1) is 8.87. The molecule has 110 valence electrons. The molecule has 1 unspecified atom stereocenters. The van der Waals surface area contributed by atoms with Crippen molar-refractivity contribution in [2.24, 2.45) is 0 Å². The van der Waals surface area contributed by atoms with Crippen LogP contribution in [0.1, 0.15) is 33.6 Å².